The number of anilines is 1. The summed E-state index contributed by atoms with van der Waals surface area (Å²) in [5.74, 6) is 0.991. The number of rotatable bonds is 5. The Hall–Kier alpha value is -1.16. The minimum absolute atomic E-state index is 0.160. The van der Waals surface area contributed by atoms with Gasteiger partial charge in [0.05, 0.1) is 5.56 Å². The Labute approximate surface area is 107 Å². The fourth-order valence-electron chi connectivity index (χ4n) is 2.06. The minimum atomic E-state index is 0.160. The number of nitrogens with one attached hydrogen (secondary N) is 1. The lowest BCUT2D eigenvalue weighted by Crippen LogP contribution is -2.24. The normalized spacial score (nSPS) is 14.7. The molecule has 0 saturated heterocycles. The summed E-state index contributed by atoms with van der Waals surface area (Å²) in [7, 11) is 2.09. The number of thioether (sulfide) groups is 1. The van der Waals surface area contributed by atoms with Gasteiger partial charge in [0.15, 0.2) is 0 Å². The summed E-state index contributed by atoms with van der Waals surface area (Å²) in [5.41, 5.74) is 7.68. The van der Waals surface area contributed by atoms with E-state index < -0.39 is 0 Å². The Balaban J connectivity index is 2.33. The molecule has 3 nitrogen and oxygen atoms in total. The number of amidine groups is 1. The summed E-state index contributed by atoms with van der Waals surface area (Å²) in [6, 6.07) is 6.12. The molecule has 1 fully saturated rings. The van der Waals surface area contributed by atoms with E-state index in [1.165, 1.54) is 12.8 Å². The van der Waals surface area contributed by atoms with Crippen molar-refractivity contribution in [3.05, 3.63) is 23.8 Å². The van der Waals surface area contributed by atoms with Crippen LogP contribution in [0.15, 0.2) is 23.1 Å². The number of benzene rings is 1. The summed E-state index contributed by atoms with van der Waals surface area (Å²) < 4.78 is 0. The fraction of sp³-hybridized carbons (Fsp3) is 0.462. The molecule has 0 spiro atoms. The summed E-state index contributed by atoms with van der Waals surface area (Å²) >= 11 is 1.64. The van der Waals surface area contributed by atoms with Crippen molar-refractivity contribution >= 4 is 23.3 Å². The van der Waals surface area contributed by atoms with Crippen LogP contribution in [0, 0.1) is 11.3 Å². The lowest BCUT2D eigenvalue weighted by atomic mass is 10.1. The Morgan fingerprint density at radius 1 is 1.53 bits per heavy atom. The highest BCUT2D eigenvalue weighted by atomic mass is 32.2. The van der Waals surface area contributed by atoms with Crippen LogP contribution in [0.25, 0.3) is 0 Å². The largest absolute Gasteiger partial charge is 0.384 e. The first-order valence-electron chi connectivity index (χ1n) is 5.86. The number of nitrogens with two attached hydrogens (primary N) is 1. The van der Waals surface area contributed by atoms with E-state index in [2.05, 4.69) is 18.0 Å². The Morgan fingerprint density at radius 3 is 2.76 bits per heavy atom. The fourth-order valence-corrected chi connectivity index (χ4v) is 2.70. The lowest BCUT2D eigenvalue weighted by Gasteiger charge is -2.23. The van der Waals surface area contributed by atoms with Crippen molar-refractivity contribution in [3.63, 3.8) is 0 Å². The van der Waals surface area contributed by atoms with E-state index in [4.69, 9.17) is 11.1 Å². The van der Waals surface area contributed by atoms with Gasteiger partial charge in [-0.25, -0.2) is 0 Å². The second-order valence-electron chi connectivity index (χ2n) is 4.59. The third kappa shape index (κ3) is 2.75. The second kappa shape index (κ2) is 5.00. The molecule has 1 aromatic carbocycles. The molecule has 92 valence electrons. The van der Waals surface area contributed by atoms with E-state index in [0.29, 0.717) is 0 Å². The molecule has 1 saturated carbocycles. The minimum Gasteiger partial charge on any atom is -0.384 e. The third-order valence-corrected chi connectivity index (χ3v) is 3.91. The molecule has 0 bridgehead atoms. The van der Waals surface area contributed by atoms with Gasteiger partial charge in [-0.2, -0.15) is 0 Å². The van der Waals surface area contributed by atoms with Gasteiger partial charge < -0.3 is 10.6 Å². The highest BCUT2D eigenvalue weighted by molar-refractivity contribution is 7.98. The van der Waals surface area contributed by atoms with Crippen molar-refractivity contribution in [2.24, 2.45) is 11.7 Å². The SMILES string of the molecule is CSc1cccc(N(C)CC2CC2)c1C(=N)N. The van der Waals surface area contributed by atoms with Crippen molar-refractivity contribution in [1.82, 2.24) is 0 Å². The summed E-state index contributed by atoms with van der Waals surface area (Å²) in [6.45, 7) is 1.07. The predicted molar refractivity (Wildman–Crippen MR) is 75.2 cm³/mol. The quantitative estimate of drug-likeness (QED) is 0.479. The number of hydrogen-bond acceptors (Lipinski definition) is 3. The molecule has 0 heterocycles. The van der Waals surface area contributed by atoms with Crippen molar-refractivity contribution in [2.45, 2.75) is 17.7 Å². The molecular formula is C13H19N3S. The number of hydrogen-bond donors (Lipinski definition) is 2. The van der Waals surface area contributed by atoms with Gasteiger partial charge in [-0.05, 0) is 37.1 Å². The maximum absolute atomic E-state index is 7.75. The van der Waals surface area contributed by atoms with Gasteiger partial charge in [0, 0.05) is 24.2 Å². The van der Waals surface area contributed by atoms with E-state index in [-0.39, 0.29) is 5.84 Å². The van der Waals surface area contributed by atoms with Gasteiger partial charge in [-0.3, -0.25) is 5.41 Å². The molecule has 1 aliphatic carbocycles. The molecule has 17 heavy (non-hydrogen) atoms. The van der Waals surface area contributed by atoms with E-state index in [1.807, 2.05) is 18.4 Å². The molecule has 2 rings (SSSR count). The maximum atomic E-state index is 7.75. The van der Waals surface area contributed by atoms with Crippen LogP contribution in [-0.4, -0.2) is 25.7 Å². The first-order chi connectivity index (χ1) is 8.13. The third-order valence-electron chi connectivity index (χ3n) is 3.13. The van der Waals surface area contributed by atoms with Crippen LogP contribution in [0.1, 0.15) is 18.4 Å². The van der Waals surface area contributed by atoms with Gasteiger partial charge in [-0.15, -0.1) is 11.8 Å². The van der Waals surface area contributed by atoms with Crippen LogP contribution in [0.4, 0.5) is 5.69 Å². The molecule has 1 aromatic rings. The zero-order valence-electron chi connectivity index (χ0n) is 10.4. The summed E-state index contributed by atoms with van der Waals surface area (Å²) in [4.78, 5) is 3.31. The van der Waals surface area contributed by atoms with Crippen LogP contribution in [0.3, 0.4) is 0 Å². The monoisotopic (exact) mass is 249 g/mol. The molecule has 0 radical (unpaired) electrons. The van der Waals surface area contributed by atoms with E-state index in [9.17, 15) is 0 Å². The molecule has 0 amide bonds. The average Bonchev–Trinajstić information content (AvgIpc) is 3.11. The first-order valence-corrected chi connectivity index (χ1v) is 7.08. The predicted octanol–water partition coefficient (Wildman–Crippen LogP) is 2.54. The van der Waals surface area contributed by atoms with E-state index >= 15 is 0 Å². The summed E-state index contributed by atoms with van der Waals surface area (Å²) in [5, 5.41) is 7.75. The lowest BCUT2D eigenvalue weighted by molar-refractivity contribution is 0.786. The zero-order chi connectivity index (χ0) is 12.4. The Bertz CT molecular complexity index is 427. The van der Waals surface area contributed by atoms with E-state index in [1.54, 1.807) is 11.8 Å². The van der Waals surface area contributed by atoms with Crippen LogP contribution >= 0.6 is 11.8 Å². The van der Waals surface area contributed by atoms with Crippen LogP contribution in [0.5, 0.6) is 0 Å². The van der Waals surface area contributed by atoms with Gasteiger partial charge >= 0.3 is 0 Å². The molecule has 3 N–H and O–H groups in total. The Kier molecular flexibility index (Phi) is 3.62. The zero-order valence-corrected chi connectivity index (χ0v) is 11.2. The highest BCUT2D eigenvalue weighted by Crippen LogP contribution is 2.33. The van der Waals surface area contributed by atoms with Crippen molar-refractivity contribution in [2.75, 3.05) is 24.7 Å². The molecule has 0 atom stereocenters. The van der Waals surface area contributed by atoms with Crippen molar-refractivity contribution in [3.8, 4) is 0 Å². The molecule has 0 aliphatic heterocycles. The molecule has 4 heteroatoms. The molecule has 0 unspecified atom stereocenters. The standard InChI is InChI=1S/C13H19N3S/c1-16(8-9-6-7-9)10-4-3-5-11(17-2)12(10)13(14)15/h3-5,9H,6-8H2,1-2H3,(H3,14,15). The maximum Gasteiger partial charge on any atom is 0.126 e. The smallest absolute Gasteiger partial charge is 0.126 e. The molecular weight excluding hydrogens is 230 g/mol. The number of nitrogens with zero attached hydrogens (tertiary/aromatic N) is 1. The van der Waals surface area contributed by atoms with Crippen LogP contribution in [-0.2, 0) is 0 Å². The first kappa shape index (κ1) is 12.3. The van der Waals surface area contributed by atoms with Gasteiger partial charge in [0.2, 0.25) is 0 Å². The average molecular weight is 249 g/mol. The summed E-state index contributed by atoms with van der Waals surface area (Å²) in [6.07, 6.45) is 4.69. The van der Waals surface area contributed by atoms with Crippen molar-refractivity contribution < 1.29 is 0 Å². The van der Waals surface area contributed by atoms with Gasteiger partial charge in [-0.1, -0.05) is 6.07 Å². The second-order valence-corrected chi connectivity index (χ2v) is 5.44. The van der Waals surface area contributed by atoms with Gasteiger partial charge in [0.1, 0.15) is 5.84 Å². The highest BCUT2D eigenvalue weighted by Gasteiger charge is 2.24. The van der Waals surface area contributed by atoms with Crippen LogP contribution in [0.2, 0.25) is 0 Å². The van der Waals surface area contributed by atoms with E-state index in [0.717, 1.165) is 28.6 Å². The number of nitrogen functional groups attached to an aromatic ring is 1. The van der Waals surface area contributed by atoms with Gasteiger partial charge in [0.25, 0.3) is 0 Å². The topological polar surface area (TPSA) is 53.1 Å². The van der Waals surface area contributed by atoms with Crippen molar-refractivity contribution in [1.29, 1.82) is 5.41 Å². The molecule has 1 aliphatic rings. The Morgan fingerprint density at radius 2 is 2.24 bits per heavy atom. The molecule has 0 aromatic heterocycles. The van der Waals surface area contributed by atoms with Crippen LogP contribution < -0.4 is 10.6 Å².